The van der Waals surface area contributed by atoms with Gasteiger partial charge in [-0.3, -0.25) is 0 Å². The fourth-order valence-corrected chi connectivity index (χ4v) is 3.35. The van der Waals surface area contributed by atoms with Crippen LogP contribution >= 0.6 is 0 Å². The molecule has 0 aromatic rings. The highest BCUT2D eigenvalue weighted by Crippen LogP contribution is 2.31. The standard InChI is InChI=1S/C18H37NO5/c1-2-3-4-5-6-7-8-9-10-11-12-18(23)17(19)16(22)15(21)14(13-20)24-18/h14-17,20-23H,2-13,19H2,1H3/t14-,15-,16+,17-,18?/m1/s1. The summed E-state index contributed by atoms with van der Waals surface area (Å²) >= 11 is 0. The SMILES string of the molecule is CCCCCCCCCCCCC1(O)O[C@H](CO)[C@@H](O)[C@H](O)[C@H]1N. The lowest BCUT2D eigenvalue weighted by Gasteiger charge is -2.46. The van der Waals surface area contributed by atoms with Crippen LogP contribution in [0.4, 0.5) is 0 Å². The molecule has 1 saturated heterocycles. The summed E-state index contributed by atoms with van der Waals surface area (Å²) in [6.07, 6.45) is 8.51. The third-order valence-electron chi connectivity index (χ3n) is 5.04. The first-order chi connectivity index (χ1) is 11.5. The maximum atomic E-state index is 10.5. The first kappa shape index (κ1) is 21.8. The predicted octanol–water partition coefficient (Wildman–Crippen LogP) is 1.43. The van der Waals surface area contributed by atoms with Crippen LogP contribution in [-0.4, -0.2) is 57.2 Å². The summed E-state index contributed by atoms with van der Waals surface area (Å²) < 4.78 is 5.37. The number of unbranched alkanes of at least 4 members (excludes halogenated alkanes) is 9. The summed E-state index contributed by atoms with van der Waals surface area (Å²) in [6, 6.07) is -1.08. The quantitative estimate of drug-likeness (QED) is 0.341. The average Bonchev–Trinajstić information content (AvgIpc) is 2.58. The van der Waals surface area contributed by atoms with Crippen LogP contribution in [0, 0.1) is 0 Å². The molecule has 0 radical (unpaired) electrons. The van der Waals surface area contributed by atoms with Gasteiger partial charge in [0.25, 0.3) is 0 Å². The molecule has 1 aliphatic rings. The highest BCUT2D eigenvalue weighted by Gasteiger charge is 2.50. The first-order valence-corrected chi connectivity index (χ1v) is 9.59. The molecule has 24 heavy (non-hydrogen) atoms. The van der Waals surface area contributed by atoms with Crippen LogP contribution in [0.5, 0.6) is 0 Å². The Bertz CT molecular complexity index is 329. The second-order valence-electron chi connectivity index (χ2n) is 7.12. The summed E-state index contributed by atoms with van der Waals surface area (Å²) in [5, 5.41) is 39.4. The molecule has 6 N–H and O–H groups in total. The third kappa shape index (κ3) is 6.58. The van der Waals surface area contributed by atoms with Crippen LogP contribution in [-0.2, 0) is 4.74 Å². The molecule has 6 heteroatoms. The maximum Gasteiger partial charge on any atom is 0.184 e. The lowest BCUT2D eigenvalue weighted by atomic mass is 9.88. The zero-order valence-electron chi connectivity index (χ0n) is 15.1. The summed E-state index contributed by atoms with van der Waals surface area (Å²) in [5.41, 5.74) is 5.82. The highest BCUT2D eigenvalue weighted by atomic mass is 16.6. The Balaban J connectivity index is 2.19. The number of rotatable bonds is 12. The maximum absolute atomic E-state index is 10.5. The van der Waals surface area contributed by atoms with Crippen molar-refractivity contribution in [3.63, 3.8) is 0 Å². The monoisotopic (exact) mass is 347 g/mol. The minimum Gasteiger partial charge on any atom is -0.394 e. The van der Waals surface area contributed by atoms with E-state index in [1.165, 1.54) is 44.9 Å². The van der Waals surface area contributed by atoms with Crippen molar-refractivity contribution < 1.29 is 25.2 Å². The van der Waals surface area contributed by atoms with E-state index in [0.29, 0.717) is 6.42 Å². The van der Waals surface area contributed by atoms with E-state index >= 15 is 0 Å². The Kier molecular flexibility index (Phi) is 10.3. The predicted molar refractivity (Wildman–Crippen MR) is 93.4 cm³/mol. The number of aliphatic hydroxyl groups is 4. The molecular weight excluding hydrogens is 310 g/mol. The molecule has 1 fully saturated rings. The number of nitrogens with two attached hydrogens (primary N) is 1. The van der Waals surface area contributed by atoms with E-state index in [2.05, 4.69) is 6.92 Å². The number of ether oxygens (including phenoxy) is 1. The lowest BCUT2D eigenvalue weighted by molar-refractivity contribution is -0.316. The van der Waals surface area contributed by atoms with Gasteiger partial charge in [0, 0.05) is 6.42 Å². The highest BCUT2D eigenvalue weighted by molar-refractivity contribution is 4.98. The van der Waals surface area contributed by atoms with Crippen LogP contribution in [0.15, 0.2) is 0 Å². The Morgan fingerprint density at radius 1 is 0.875 bits per heavy atom. The van der Waals surface area contributed by atoms with Crippen LogP contribution in [0.3, 0.4) is 0 Å². The minimum atomic E-state index is -1.69. The summed E-state index contributed by atoms with van der Waals surface area (Å²) in [7, 11) is 0. The molecule has 144 valence electrons. The van der Waals surface area contributed by atoms with Gasteiger partial charge < -0.3 is 30.9 Å². The Morgan fingerprint density at radius 3 is 1.88 bits per heavy atom. The molecule has 1 heterocycles. The zero-order valence-corrected chi connectivity index (χ0v) is 15.1. The number of hydrogen-bond donors (Lipinski definition) is 5. The smallest absolute Gasteiger partial charge is 0.184 e. The molecule has 1 rings (SSSR count). The van der Waals surface area contributed by atoms with Crippen molar-refractivity contribution in [1.29, 1.82) is 0 Å². The molecule has 0 spiro atoms. The van der Waals surface area contributed by atoms with Crippen molar-refractivity contribution >= 4 is 0 Å². The molecule has 1 aliphatic heterocycles. The molecule has 1 unspecified atom stereocenters. The van der Waals surface area contributed by atoms with Crippen molar-refractivity contribution in [1.82, 2.24) is 0 Å². The molecular formula is C18H37NO5. The van der Waals surface area contributed by atoms with Crippen molar-refractivity contribution in [3.8, 4) is 0 Å². The van der Waals surface area contributed by atoms with Crippen LogP contribution < -0.4 is 5.73 Å². The summed E-state index contributed by atoms with van der Waals surface area (Å²) in [4.78, 5) is 0. The van der Waals surface area contributed by atoms with Crippen LogP contribution in [0.25, 0.3) is 0 Å². The van der Waals surface area contributed by atoms with Gasteiger partial charge in [0.15, 0.2) is 5.79 Å². The topological polar surface area (TPSA) is 116 Å². The van der Waals surface area contributed by atoms with Crippen LogP contribution in [0.1, 0.15) is 77.6 Å². The molecule has 5 atom stereocenters. The van der Waals surface area contributed by atoms with Crippen molar-refractivity contribution in [3.05, 3.63) is 0 Å². The minimum absolute atomic E-state index is 0.297. The molecule has 0 aromatic carbocycles. The molecule has 0 aliphatic carbocycles. The van der Waals surface area contributed by atoms with E-state index < -0.39 is 36.7 Å². The van der Waals surface area contributed by atoms with E-state index in [9.17, 15) is 20.4 Å². The summed E-state index contributed by atoms with van der Waals surface area (Å²) in [6.45, 7) is 1.75. The largest absolute Gasteiger partial charge is 0.394 e. The van der Waals surface area contributed by atoms with Gasteiger partial charge in [-0.1, -0.05) is 64.7 Å². The Labute approximate surface area is 146 Å². The normalized spacial score (nSPS) is 33.8. The third-order valence-corrected chi connectivity index (χ3v) is 5.04. The Hall–Kier alpha value is -0.240. The van der Waals surface area contributed by atoms with Crippen LogP contribution in [0.2, 0.25) is 0 Å². The first-order valence-electron chi connectivity index (χ1n) is 9.59. The lowest BCUT2D eigenvalue weighted by Crippen LogP contribution is -2.68. The van der Waals surface area contributed by atoms with Gasteiger partial charge in [-0.25, -0.2) is 0 Å². The van der Waals surface area contributed by atoms with E-state index in [4.69, 9.17) is 10.5 Å². The molecule has 0 saturated carbocycles. The van der Waals surface area contributed by atoms with E-state index in [0.717, 1.165) is 19.3 Å². The van der Waals surface area contributed by atoms with Crippen molar-refractivity contribution in [2.75, 3.05) is 6.61 Å². The molecule has 0 amide bonds. The fraction of sp³-hybridized carbons (Fsp3) is 1.00. The molecule has 0 aromatic heterocycles. The van der Waals surface area contributed by atoms with Crippen molar-refractivity contribution in [2.24, 2.45) is 5.73 Å². The van der Waals surface area contributed by atoms with E-state index in [1.807, 2.05) is 0 Å². The molecule has 6 nitrogen and oxygen atoms in total. The number of hydrogen-bond acceptors (Lipinski definition) is 6. The average molecular weight is 347 g/mol. The Morgan fingerprint density at radius 2 is 1.38 bits per heavy atom. The fourth-order valence-electron chi connectivity index (χ4n) is 3.35. The zero-order chi connectivity index (χ0) is 18.0. The second-order valence-corrected chi connectivity index (χ2v) is 7.12. The van der Waals surface area contributed by atoms with Gasteiger partial charge in [-0.05, 0) is 6.42 Å². The van der Waals surface area contributed by atoms with Gasteiger partial charge >= 0.3 is 0 Å². The van der Waals surface area contributed by atoms with E-state index in [-0.39, 0.29) is 0 Å². The molecule has 0 bridgehead atoms. The second kappa shape index (κ2) is 11.4. The van der Waals surface area contributed by atoms with Crippen molar-refractivity contribution in [2.45, 2.75) is 108 Å². The number of aliphatic hydroxyl groups excluding tert-OH is 3. The van der Waals surface area contributed by atoms with E-state index in [1.54, 1.807) is 0 Å². The van der Waals surface area contributed by atoms with Gasteiger partial charge in [0.2, 0.25) is 0 Å². The van der Waals surface area contributed by atoms with Gasteiger partial charge in [-0.2, -0.15) is 0 Å². The van der Waals surface area contributed by atoms with Gasteiger partial charge in [-0.15, -0.1) is 0 Å². The van der Waals surface area contributed by atoms with Gasteiger partial charge in [0.1, 0.15) is 18.3 Å². The summed E-state index contributed by atoms with van der Waals surface area (Å²) in [5.74, 6) is -1.69. The van der Waals surface area contributed by atoms with Gasteiger partial charge in [0.05, 0.1) is 12.6 Å².